The molecule has 0 spiro atoms. The lowest BCUT2D eigenvalue weighted by Gasteiger charge is -2.24. The average Bonchev–Trinajstić information content (AvgIpc) is 3.25. The number of thioether (sulfide) groups is 1. The molecule has 0 aliphatic carbocycles. The molecule has 1 atom stereocenters. The van der Waals surface area contributed by atoms with E-state index in [4.69, 9.17) is 4.74 Å². The van der Waals surface area contributed by atoms with Crippen LogP contribution in [0.5, 0.6) is 5.75 Å². The van der Waals surface area contributed by atoms with E-state index < -0.39 is 10.0 Å². The molecule has 0 radical (unpaired) electrons. The van der Waals surface area contributed by atoms with Crippen LogP contribution >= 0.6 is 11.8 Å². The monoisotopic (exact) mass is 425 g/mol. The number of hydrogen-bond donors (Lipinski definition) is 0. The molecule has 4 rings (SSSR count). The summed E-state index contributed by atoms with van der Waals surface area (Å²) in [4.78, 5) is 0.340. The lowest BCUT2D eigenvalue weighted by Crippen LogP contribution is -2.30. The Balaban J connectivity index is 1.55. The van der Waals surface area contributed by atoms with Crippen LogP contribution < -0.4 is 4.74 Å². The summed E-state index contributed by atoms with van der Waals surface area (Å²) in [5.41, 5.74) is 3.07. The lowest BCUT2D eigenvalue weighted by molar-refractivity contribution is 0.305. The van der Waals surface area contributed by atoms with E-state index in [-0.39, 0.29) is 5.37 Å². The Bertz CT molecular complexity index is 1070. The normalized spacial score (nSPS) is 17.3. The summed E-state index contributed by atoms with van der Waals surface area (Å²) in [5.74, 6) is 1.51. The van der Waals surface area contributed by atoms with Gasteiger partial charge in [0.1, 0.15) is 12.4 Å². The fourth-order valence-electron chi connectivity index (χ4n) is 3.31. The topological polar surface area (TPSA) is 46.6 Å². The molecule has 1 unspecified atom stereocenters. The summed E-state index contributed by atoms with van der Waals surface area (Å²) in [6, 6.07) is 24.8. The number of aryl methyl sites for hydroxylation is 1. The third-order valence-corrected chi connectivity index (χ3v) is 8.14. The van der Waals surface area contributed by atoms with E-state index in [0.29, 0.717) is 18.0 Å². The number of benzene rings is 3. The van der Waals surface area contributed by atoms with Crippen LogP contribution in [0.1, 0.15) is 22.1 Å². The Morgan fingerprint density at radius 3 is 2.52 bits per heavy atom. The van der Waals surface area contributed by atoms with Gasteiger partial charge >= 0.3 is 0 Å². The van der Waals surface area contributed by atoms with Gasteiger partial charge in [-0.05, 0) is 42.3 Å². The van der Waals surface area contributed by atoms with Crippen LogP contribution in [-0.4, -0.2) is 25.0 Å². The maximum Gasteiger partial charge on any atom is 0.244 e. The van der Waals surface area contributed by atoms with Gasteiger partial charge in [-0.15, -0.1) is 11.8 Å². The van der Waals surface area contributed by atoms with Gasteiger partial charge in [-0.3, -0.25) is 0 Å². The van der Waals surface area contributed by atoms with Crippen LogP contribution in [0.2, 0.25) is 0 Å². The van der Waals surface area contributed by atoms with Crippen LogP contribution in [0.15, 0.2) is 83.8 Å². The van der Waals surface area contributed by atoms with Crippen LogP contribution in [0.3, 0.4) is 0 Å². The minimum absolute atomic E-state index is 0.249. The summed E-state index contributed by atoms with van der Waals surface area (Å²) in [7, 11) is -3.55. The van der Waals surface area contributed by atoms with Crippen LogP contribution in [0.4, 0.5) is 0 Å². The minimum Gasteiger partial charge on any atom is -0.489 e. The molecule has 1 fully saturated rings. The third kappa shape index (κ3) is 4.50. The summed E-state index contributed by atoms with van der Waals surface area (Å²) in [6.45, 7) is 2.93. The molecular weight excluding hydrogens is 402 g/mol. The Morgan fingerprint density at radius 2 is 1.76 bits per heavy atom. The van der Waals surface area contributed by atoms with Gasteiger partial charge in [0, 0.05) is 12.3 Å². The van der Waals surface area contributed by atoms with E-state index in [1.807, 2.05) is 73.7 Å². The maximum absolute atomic E-state index is 13.2. The quantitative estimate of drug-likeness (QED) is 0.557. The molecule has 0 N–H and O–H groups in total. The van der Waals surface area contributed by atoms with Crippen molar-refractivity contribution in [2.24, 2.45) is 0 Å². The molecule has 3 aromatic rings. The fraction of sp³-hybridized carbons (Fsp3) is 0.217. The molecule has 1 aliphatic rings. The largest absolute Gasteiger partial charge is 0.489 e. The molecule has 0 bridgehead atoms. The van der Waals surface area contributed by atoms with E-state index in [9.17, 15) is 8.42 Å². The van der Waals surface area contributed by atoms with Gasteiger partial charge in [0.05, 0.1) is 10.3 Å². The predicted octanol–water partition coefficient (Wildman–Crippen LogP) is 5.01. The van der Waals surface area contributed by atoms with E-state index in [2.05, 4.69) is 0 Å². The molecule has 150 valence electrons. The van der Waals surface area contributed by atoms with Crippen molar-refractivity contribution >= 4 is 21.8 Å². The van der Waals surface area contributed by atoms with Crippen molar-refractivity contribution in [3.8, 4) is 5.75 Å². The van der Waals surface area contributed by atoms with Gasteiger partial charge in [-0.1, -0.05) is 60.2 Å². The zero-order valence-electron chi connectivity index (χ0n) is 16.2. The Kier molecular flexibility index (Phi) is 5.94. The van der Waals surface area contributed by atoms with Gasteiger partial charge in [0.15, 0.2) is 0 Å². The number of sulfonamides is 1. The Hall–Kier alpha value is -2.28. The number of rotatable bonds is 6. The molecular formula is C23H23NO3S2. The second kappa shape index (κ2) is 8.61. The highest BCUT2D eigenvalue weighted by molar-refractivity contribution is 8.01. The van der Waals surface area contributed by atoms with Gasteiger partial charge in [-0.25, -0.2) is 8.42 Å². The third-order valence-electron chi connectivity index (χ3n) is 4.87. The van der Waals surface area contributed by atoms with Gasteiger partial charge in [-0.2, -0.15) is 4.31 Å². The summed E-state index contributed by atoms with van der Waals surface area (Å²) >= 11 is 1.64. The van der Waals surface area contributed by atoms with Crippen LogP contribution in [0.25, 0.3) is 0 Å². The zero-order chi connectivity index (χ0) is 20.3. The van der Waals surface area contributed by atoms with Crippen molar-refractivity contribution in [3.05, 3.63) is 95.6 Å². The highest BCUT2D eigenvalue weighted by Gasteiger charge is 2.36. The van der Waals surface area contributed by atoms with Crippen molar-refractivity contribution in [1.82, 2.24) is 4.31 Å². The molecule has 6 heteroatoms. The molecule has 29 heavy (non-hydrogen) atoms. The molecule has 3 aromatic carbocycles. The van der Waals surface area contributed by atoms with Crippen molar-refractivity contribution in [2.75, 3.05) is 12.3 Å². The van der Waals surface area contributed by atoms with Crippen molar-refractivity contribution in [1.29, 1.82) is 0 Å². The highest BCUT2D eigenvalue weighted by atomic mass is 32.2. The van der Waals surface area contributed by atoms with Crippen molar-refractivity contribution < 1.29 is 13.2 Å². The van der Waals surface area contributed by atoms with Crippen LogP contribution in [-0.2, 0) is 16.6 Å². The first-order chi connectivity index (χ1) is 14.0. The number of ether oxygens (including phenoxy) is 1. The second-order valence-corrected chi connectivity index (χ2v) is 10.1. The van der Waals surface area contributed by atoms with E-state index >= 15 is 0 Å². The van der Waals surface area contributed by atoms with E-state index in [0.717, 1.165) is 28.2 Å². The standard InChI is InChI=1S/C23H23NO3S2/c1-18-10-12-22(13-11-18)29(25,26)24-14-15-28-23(24)20-8-5-9-21(16-20)27-17-19-6-3-2-4-7-19/h2-13,16,23H,14-15,17H2,1H3. The van der Waals surface area contributed by atoms with Gasteiger partial charge in [0.25, 0.3) is 0 Å². The zero-order valence-corrected chi connectivity index (χ0v) is 17.8. The first-order valence-corrected chi connectivity index (χ1v) is 12.0. The van der Waals surface area contributed by atoms with Crippen molar-refractivity contribution in [3.63, 3.8) is 0 Å². The SMILES string of the molecule is Cc1ccc(S(=O)(=O)N2CCSC2c2cccc(OCc3ccccc3)c2)cc1. The van der Waals surface area contributed by atoms with E-state index in [1.165, 1.54) is 0 Å². The Morgan fingerprint density at radius 1 is 1.00 bits per heavy atom. The summed E-state index contributed by atoms with van der Waals surface area (Å²) in [5, 5.41) is -0.249. The first-order valence-electron chi connectivity index (χ1n) is 9.51. The molecule has 1 saturated heterocycles. The second-order valence-electron chi connectivity index (χ2n) is 7.00. The van der Waals surface area contributed by atoms with Gasteiger partial charge < -0.3 is 4.74 Å². The summed E-state index contributed by atoms with van der Waals surface area (Å²) in [6.07, 6.45) is 0. The fourth-order valence-corrected chi connectivity index (χ4v) is 6.54. The number of hydrogen-bond acceptors (Lipinski definition) is 4. The lowest BCUT2D eigenvalue weighted by atomic mass is 10.2. The smallest absolute Gasteiger partial charge is 0.244 e. The average molecular weight is 426 g/mol. The molecule has 0 amide bonds. The highest BCUT2D eigenvalue weighted by Crippen LogP contribution is 2.42. The van der Waals surface area contributed by atoms with Crippen LogP contribution in [0, 0.1) is 6.92 Å². The molecule has 4 nitrogen and oxygen atoms in total. The molecule has 0 saturated carbocycles. The maximum atomic E-state index is 13.2. The number of nitrogens with zero attached hydrogens (tertiary/aromatic N) is 1. The molecule has 1 aliphatic heterocycles. The van der Waals surface area contributed by atoms with E-state index in [1.54, 1.807) is 28.2 Å². The first kappa shape index (κ1) is 20.0. The molecule has 0 aromatic heterocycles. The van der Waals surface area contributed by atoms with Crippen molar-refractivity contribution in [2.45, 2.75) is 23.8 Å². The Labute approximate surface area is 176 Å². The predicted molar refractivity (Wildman–Crippen MR) is 117 cm³/mol. The minimum atomic E-state index is -3.55. The van der Waals surface area contributed by atoms with Gasteiger partial charge in [0.2, 0.25) is 10.0 Å². The molecule has 1 heterocycles. The summed E-state index contributed by atoms with van der Waals surface area (Å²) < 4.78 is 33.9.